The minimum Gasteiger partial charge on any atom is -0.369 e. The van der Waals surface area contributed by atoms with E-state index in [-0.39, 0.29) is 10.3 Å². The highest BCUT2D eigenvalue weighted by Gasteiger charge is 2.20. The number of allylic oxidation sites excluding steroid dienone is 1. The van der Waals surface area contributed by atoms with Crippen LogP contribution in [0, 0.1) is 16.7 Å². The van der Waals surface area contributed by atoms with Crippen LogP contribution in [0.15, 0.2) is 48.8 Å². The Morgan fingerprint density at radius 1 is 1.04 bits per heavy atom. The van der Waals surface area contributed by atoms with E-state index in [1.54, 1.807) is 0 Å². The number of aromatic nitrogens is 1. The van der Waals surface area contributed by atoms with Crippen LogP contribution in [-0.4, -0.2) is 41.7 Å². The van der Waals surface area contributed by atoms with Crippen LogP contribution in [0.3, 0.4) is 0 Å². The highest BCUT2D eigenvalue weighted by Crippen LogP contribution is 2.18. The molecule has 0 saturated carbocycles. The molecule has 3 rings (SSSR count). The quantitative estimate of drug-likeness (QED) is 0.250. The molecule has 1 aromatic carbocycles. The van der Waals surface area contributed by atoms with Crippen molar-refractivity contribution in [1.82, 2.24) is 4.90 Å². The Balaban J connectivity index is 1.70. The summed E-state index contributed by atoms with van der Waals surface area (Å²) in [6, 6.07) is 13.7. The number of hydrogen-bond acceptors (Lipinski definition) is 6. The molecule has 0 amide bonds. The molecule has 1 aliphatic heterocycles. The summed E-state index contributed by atoms with van der Waals surface area (Å²) in [6.07, 6.45) is 4.07. The first kappa shape index (κ1) is 18.6. The lowest BCUT2D eigenvalue weighted by atomic mass is 10.1. The number of anilines is 1. The van der Waals surface area contributed by atoms with Gasteiger partial charge in [-0.15, -0.1) is 25.3 Å². The first-order valence-corrected chi connectivity index (χ1v) is 9.32. The third-order valence-electron chi connectivity index (χ3n) is 4.51. The van der Waals surface area contributed by atoms with Gasteiger partial charge < -0.3 is 4.90 Å². The van der Waals surface area contributed by atoms with E-state index >= 15 is 0 Å². The van der Waals surface area contributed by atoms with Gasteiger partial charge in [0.1, 0.15) is 11.6 Å². The van der Waals surface area contributed by atoms with Crippen molar-refractivity contribution in [2.45, 2.75) is 4.71 Å². The Kier molecular flexibility index (Phi) is 6.02. The van der Waals surface area contributed by atoms with Crippen LogP contribution < -0.4 is 9.47 Å². The minimum atomic E-state index is 0.00194. The van der Waals surface area contributed by atoms with Crippen molar-refractivity contribution in [2.24, 2.45) is 0 Å². The molecule has 1 saturated heterocycles. The molecule has 1 N–H and O–H groups in total. The van der Waals surface area contributed by atoms with Crippen molar-refractivity contribution in [3.05, 3.63) is 54.4 Å². The van der Waals surface area contributed by atoms with Crippen LogP contribution in [0.1, 0.15) is 5.56 Å². The third kappa shape index (κ3) is 4.12. The Morgan fingerprint density at radius 3 is 2.15 bits per heavy atom. The largest absolute Gasteiger partial charge is 0.369 e. The standard InChI is InChI=1S/C19H19N5S2/c20-13-16(14-21)15-1-3-17(4-2-15)22-7-5-18(6-8-22)23-9-11-24(12-10-23)19(25)26/h1-8,19-20H,9-12H2,(H-,25,26)/p+1. The first-order chi connectivity index (χ1) is 12.6. The minimum absolute atomic E-state index is 0.00194. The Morgan fingerprint density at radius 2 is 1.65 bits per heavy atom. The summed E-state index contributed by atoms with van der Waals surface area (Å²) in [5.74, 6) is 2.16. The monoisotopic (exact) mass is 382 g/mol. The van der Waals surface area contributed by atoms with Gasteiger partial charge in [0, 0.05) is 61.7 Å². The molecule has 26 heavy (non-hydrogen) atoms. The van der Waals surface area contributed by atoms with E-state index < -0.39 is 0 Å². The summed E-state index contributed by atoms with van der Waals surface area (Å²) in [7, 11) is 0. The topological polar surface area (TPSA) is 58.0 Å². The Bertz CT molecular complexity index is 841. The second kappa shape index (κ2) is 8.43. The van der Waals surface area contributed by atoms with Crippen molar-refractivity contribution in [3.8, 4) is 11.8 Å². The van der Waals surface area contributed by atoms with Gasteiger partial charge >= 0.3 is 0 Å². The number of rotatable bonds is 4. The average molecular weight is 383 g/mol. The summed E-state index contributed by atoms with van der Waals surface area (Å²) in [5.41, 5.74) is 3.14. The average Bonchev–Trinajstić information content (AvgIpc) is 2.70. The summed E-state index contributed by atoms with van der Waals surface area (Å²) in [4.78, 5) is 4.60. The molecule has 0 atom stereocenters. The van der Waals surface area contributed by atoms with Crippen LogP contribution in [0.25, 0.3) is 11.3 Å². The van der Waals surface area contributed by atoms with Crippen LogP contribution in [0.2, 0.25) is 0 Å². The fraction of sp³-hybridized carbons (Fsp3) is 0.263. The molecular formula is C19H20N5S2+. The van der Waals surface area contributed by atoms with E-state index in [0.717, 1.165) is 31.9 Å². The number of nitriles is 1. The van der Waals surface area contributed by atoms with Gasteiger partial charge in [-0.1, -0.05) is 0 Å². The van der Waals surface area contributed by atoms with Gasteiger partial charge in [-0.3, -0.25) is 10.3 Å². The molecule has 5 nitrogen and oxygen atoms in total. The van der Waals surface area contributed by atoms with E-state index in [2.05, 4.69) is 53.1 Å². The molecule has 0 spiro atoms. The molecule has 132 valence electrons. The van der Waals surface area contributed by atoms with E-state index in [9.17, 15) is 0 Å². The van der Waals surface area contributed by atoms with Gasteiger partial charge in [0.05, 0.1) is 4.71 Å². The molecule has 1 aromatic heterocycles. The smallest absolute Gasteiger partial charge is 0.210 e. The highest BCUT2D eigenvalue weighted by molar-refractivity contribution is 7.99. The van der Waals surface area contributed by atoms with Gasteiger partial charge in [0.25, 0.3) is 0 Å². The first-order valence-electron chi connectivity index (χ1n) is 8.29. The van der Waals surface area contributed by atoms with Crippen molar-refractivity contribution in [1.29, 1.82) is 10.7 Å². The van der Waals surface area contributed by atoms with E-state index in [4.69, 9.17) is 10.7 Å². The predicted octanol–water partition coefficient (Wildman–Crippen LogP) is 2.38. The maximum absolute atomic E-state index is 8.98. The predicted molar refractivity (Wildman–Crippen MR) is 110 cm³/mol. The van der Waals surface area contributed by atoms with Gasteiger partial charge in [-0.25, -0.2) is 0 Å². The third-order valence-corrected chi connectivity index (χ3v) is 5.16. The summed E-state index contributed by atoms with van der Waals surface area (Å²) in [5, 5.41) is 16.1. The molecule has 1 fully saturated rings. The normalized spacial score (nSPS) is 14.8. The zero-order chi connectivity index (χ0) is 18.5. The van der Waals surface area contributed by atoms with Gasteiger partial charge in [-0.2, -0.15) is 9.83 Å². The molecule has 7 heteroatoms. The number of nitrogens with zero attached hydrogens (tertiary/aromatic N) is 4. The van der Waals surface area contributed by atoms with Gasteiger partial charge in [0.15, 0.2) is 12.4 Å². The molecule has 0 unspecified atom stereocenters. The molecule has 2 aromatic rings. The summed E-state index contributed by atoms with van der Waals surface area (Å²) in [6.45, 7) is 3.83. The van der Waals surface area contributed by atoms with E-state index in [0.29, 0.717) is 5.56 Å². The van der Waals surface area contributed by atoms with Crippen molar-refractivity contribution >= 4 is 42.4 Å². The fourth-order valence-corrected chi connectivity index (χ4v) is 3.44. The Labute approximate surface area is 164 Å². The number of benzene rings is 1. The van der Waals surface area contributed by atoms with Gasteiger partial charge in [0.2, 0.25) is 5.69 Å². The van der Waals surface area contributed by atoms with Crippen molar-refractivity contribution in [2.75, 3.05) is 31.1 Å². The number of pyridine rings is 1. The lowest BCUT2D eigenvalue weighted by Gasteiger charge is -2.37. The van der Waals surface area contributed by atoms with Crippen LogP contribution in [-0.2, 0) is 0 Å². The van der Waals surface area contributed by atoms with Crippen LogP contribution in [0.4, 0.5) is 5.69 Å². The second-order valence-corrected chi connectivity index (χ2v) is 7.38. The molecule has 0 aliphatic carbocycles. The van der Waals surface area contributed by atoms with Crippen molar-refractivity contribution < 1.29 is 4.57 Å². The highest BCUT2D eigenvalue weighted by atomic mass is 32.2. The molecule has 1 aliphatic rings. The summed E-state index contributed by atoms with van der Waals surface area (Å²) >= 11 is 8.76. The second-order valence-electron chi connectivity index (χ2n) is 5.99. The number of hydrogen-bond donors (Lipinski definition) is 3. The van der Waals surface area contributed by atoms with E-state index in [1.165, 1.54) is 5.69 Å². The Hall–Kier alpha value is -2.23. The fourth-order valence-electron chi connectivity index (χ4n) is 2.98. The SMILES string of the molecule is N#CC(=C=N)c1ccc(-[n+]2ccc(N3CCN(C(S)S)CC3)cc2)cc1. The lowest BCUT2D eigenvalue weighted by Crippen LogP contribution is -2.48. The number of piperazine rings is 1. The zero-order valence-corrected chi connectivity index (χ0v) is 16.0. The number of thiol groups is 2. The lowest BCUT2D eigenvalue weighted by molar-refractivity contribution is -0.595. The van der Waals surface area contributed by atoms with Crippen molar-refractivity contribution in [3.63, 3.8) is 0 Å². The number of nitrogens with one attached hydrogen (secondary N) is 1. The summed E-state index contributed by atoms with van der Waals surface area (Å²) < 4.78 is 2.03. The molecule has 2 heterocycles. The zero-order valence-electron chi connectivity index (χ0n) is 14.2. The molecule has 0 bridgehead atoms. The molecule has 0 radical (unpaired) electrons. The van der Waals surface area contributed by atoms with E-state index in [1.807, 2.05) is 47.3 Å². The van der Waals surface area contributed by atoms with Crippen LogP contribution in [0.5, 0.6) is 0 Å². The maximum Gasteiger partial charge on any atom is 0.210 e. The van der Waals surface area contributed by atoms with Crippen LogP contribution >= 0.6 is 25.3 Å². The maximum atomic E-state index is 8.98. The molecular weight excluding hydrogens is 362 g/mol. The van der Waals surface area contributed by atoms with Gasteiger partial charge in [-0.05, 0) is 18.0 Å².